The Kier molecular flexibility index (Phi) is 19.1. The number of unbranched alkanes of at least 4 members (excludes halogenated alkanes) is 15. The van der Waals surface area contributed by atoms with Crippen molar-refractivity contribution in [2.75, 3.05) is 0 Å². The van der Waals surface area contributed by atoms with Crippen molar-refractivity contribution in [3.63, 3.8) is 0 Å². The molecule has 0 amide bonds. The first-order valence-corrected chi connectivity index (χ1v) is 13.3. The number of carboxylic acids is 1. The maximum atomic E-state index is 11.7. The minimum absolute atomic E-state index is 0.0634. The summed E-state index contributed by atoms with van der Waals surface area (Å²) in [6.45, 7) is 3.67. The van der Waals surface area contributed by atoms with E-state index in [4.69, 9.17) is 11.5 Å². The molecule has 33 heavy (non-hydrogen) atoms. The van der Waals surface area contributed by atoms with Crippen LogP contribution in [0.3, 0.4) is 0 Å². The van der Waals surface area contributed by atoms with Crippen LogP contribution in [0.2, 0.25) is 0 Å². The molecule has 0 aliphatic carbocycles. The van der Waals surface area contributed by atoms with Gasteiger partial charge in [0.1, 0.15) is 11.6 Å². The monoisotopic (exact) mass is 470 g/mol. The Bertz CT molecular complexity index is 539. The summed E-state index contributed by atoms with van der Waals surface area (Å²) in [4.78, 5) is 34.6. The average Bonchev–Trinajstić information content (AvgIpc) is 2.77. The van der Waals surface area contributed by atoms with Gasteiger partial charge in [-0.25, -0.2) is 4.79 Å². The van der Waals surface area contributed by atoms with Crippen LogP contribution in [0.4, 0.5) is 0 Å². The Hall–Kier alpha value is -1.47. The van der Waals surface area contributed by atoms with Crippen molar-refractivity contribution < 1.29 is 24.2 Å². The number of aliphatic carboxylic acids is 1. The van der Waals surface area contributed by atoms with E-state index in [1.165, 1.54) is 84.0 Å². The van der Waals surface area contributed by atoms with Crippen LogP contribution in [0, 0.1) is 0 Å². The van der Waals surface area contributed by atoms with Gasteiger partial charge in [0, 0.05) is 6.42 Å². The van der Waals surface area contributed by atoms with Gasteiger partial charge in [0.25, 0.3) is 0 Å². The Morgan fingerprint density at radius 3 is 1.52 bits per heavy atom. The molecule has 0 radical (unpaired) electrons. The van der Waals surface area contributed by atoms with Gasteiger partial charge < -0.3 is 21.3 Å². The van der Waals surface area contributed by atoms with E-state index in [0.29, 0.717) is 12.8 Å². The highest BCUT2D eigenvalue weighted by molar-refractivity contribution is 5.88. The van der Waals surface area contributed by atoms with Gasteiger partial charge >= 0.3 is 17.9 Å². The Morgan fingerprint density at radius 2 is 1.15 bits per heavy atom. The normalized spacial score (nSPS) is 13.9. The maximum absolute atomic E-state index is 11.7. The second kappa shape index (κ2) is 20.0. The standard InChI is InChI=1S/C26H50N2O5/c1-3-4-5-6-7-8-9-10-11-12-13-14-15-16-17-18-20-26(28,25(31)32)21-19-23(29)33-24(30)22(2)27/h22H,3-21,27-28H2,1-2H3,(H,31,32)/t22-,26-/m1/s1. The van der Waals surface area contributed by atoms with E-state index in [2.05, 4.69) is 11.7 Å². The summed E-state index contributed by atoms with van der Waals surface area (Å²) in [5.74, 6) is -2.74. The summed E-state index contributed by atoms with van der Waals surface area (Å²) in [7, 11) is 0. The minimum Gasteiger partial charge on any atom is -0.480 e. The van der Waals surface area contributed by atoms with Crippen LogP contribution < -0.4 is 11.5 Å². The molecule has 2 atom stereocenters. The van der Waals surface area contributed by atoms with Gasteiger partial charge in [-0.3, -0.25) is 9.59 Å². The van der Waals surface area contributed by atoms with Crippen molar-refractivity contribution in [3.8, 4) is 0 Å². The highest BCUT2D eigenvalue weighted by Crippen LogP contribution is 2.21. The largest absolute Gasteiger partial charge is 0.480 e. The van der Waals surface area contributed by atoms with Crippen LogP contribution in [-0.2, 0) is 19.1 Å². The van der Waals surface area contributed by atoms with Crippen LogP contribution in [-0.4, -0.2) is 34.6 Å². The zero-order chi connectivity index (χ0) is 25.0. The van der Waals surface area contributed by atoms with E-state index in [1.807, 2.05) is 0 Å². The lowest BCUT2D eigenvalue weighted by Gasteiger charge is -2.24. The predicted octanol–water partition coefficient (Wildman–Crippen LogP) is 5.62. The van der Waals surface area contributed by atoms with E-state index < -0.39 is 29.5 Å². The Morgan fingerprint density at radius 1 is 0.758 bits per heavy atom. The quantitative estimate of drug-likeness (QED) is 0.106. The molecule has 0 unspecified atom stereocenters. The Balaban J connectivity index is 3.73. The number of nitrogens with two attached hydrogens (primary N) is 2. The fourth-order valence-electron chi connectivity index (χ4n) is 3.91. The molecule has 0 heterocycles. The van der Waals surface area contributed by atoms with E-state index in [9.17, 15) is 19.5 Å². The zero-order valence-electron chi connectivity index (χ0n) is 21.2. The zero-order valence-corrected chi connectivity index (χ0v) is 21.2. The smallest absolute Gasteiger partial charge is 0.330 e. The molecule has 0 aliphatic heterocycles. The van der Waals surface area contributed by atoms with E-state index in [1.54, 1.807) is 0 Å². The van der Waals surface area contributed by atoms with Crippen molar-refractivity contribution in [2.45, 2.75) is 147 Å². The molecule has 7 heteroatoms. The summed E-state index contributed by atoms with van der Waals surface area (Å²) < 4.78 is 4.57. The molecule has 0 bridgehead atoms. The van der Waals surface area contributed by atoms with Crippen molar-refractivity contribution >= 4 is 17.9 Å². The van der Waals surface area contributed by atoms with Crippen LogP contribution >= 0.6 is 0 Å². The second-order valence-electron chi connectivity index (χ2n) is 9.60. The Labute approximate surface area is 201 Å². The number of esters is 2. The number of carbonyl (C=O) groups excluding carboxylic acids is 2. The first-order valence-electron chi connectivity index (χ1n) is 13.3. The molecule has 0 aromatic rings. The number of hydrogen-bond donors (Lipinski definition) is 3. The molecular formula is C26H50N2O5. The van der Waals surface area contributed by atoms with Crippen LogP contribution in [0.25, 0.3) is 0 Å². The first-order chi connectivity index (χ1) is 15.7. The summed E-state index contributed by atoms with van der Waals surface area (Å²) in [6, 6.07) is -0.902. The van der Waals surface area contributed by atoms with E-state index in [-0.39, 0.29) is 12.8 Å². The summed E-state index contributed by atoms with van der Waals surface area (Å²) in [6.07, 6.45) is 20.0. The van der Waals surface area contributed by atoms with Gasteiger partial charge in [0.05, 0.1) is 0 Å². The van der Waals surface area contributed by atoms with E-state index >= 15 is 0 Å². The molecular weight excluding hydrogens is 420 g/mol. The van der Waals surface area contributed by atoms with Crippen LogP contribution in [0.5, 0.6) is 0 Å². The van der Waals surface area contributed by atoms with Crippen molar-refractivity contribution in [2.24, 2.45) is 11.5 Å². The molecule has 5 N–H and O–H groups in total. The average molecular weight is 471 g/mol. The number of rotatable bonds is 22. The van der Waals surface area contributed by atoms with E-state index in [0.717, 1.165) is 19.3 Å². The SMILES string of the molecule is CCCCCCCCCCCCCCCCCC[C@@](N)(CCC(=O)OC(=O)[C@@H](C)N)C(=O)O. The topological polar surface area (TPSA) is 133 Å². The minimum atomic E-state index is -1.48. The fourth-order valence-corrected chi connectivity index (χ4v) is 3.91. The molecule has 0 aromatic heterocycles. The fraction of sp³-hybridized carbons (Fsp3) is 0.885. The molecule has 0 aliphatic rings. The summed E-state index contributed by atoms with van der Waals surface area (Å²) in [5, 5.41) is 9.48. The molecule has 0 saturated carbocycles. The van der Waals surface area contributed by atoms with Crippen molar-refractivity contribution in [1.82, 2.24) is 0 Å². The van der Waals surface area contributed by atoms with Gasteiger partial charge in [-0.05, 0) is 19.8 Å². The van der Waals surface area contributed by atoms with Gasteiger partial charge in [-0.15, -0.1) is 0 Å². The second-order valence-corrected chi connectivity index (χ2v) is 9.60. The number of hydrogen-bond acceptors (Lipinski definition) is 6. The lowest BCUT2D eigenvalue weighted by atomic mass is 9.88. The van der Waals surface area contributed by atoms with Gasteiger partial charge in [0.2, 0.25) is 0 Å². The lowest BCUT2D eigenvalue weighted by Crippen LogP contribution is -2.48. The van der Waals surface area contributed by atoms with Gasteiger partial charge in [0.15, 0.2) is 0 Å². The number of carbonyl (C=O) groups is 3. The lowest BCUT2D eigenvalue weighted by molar-refractivity contribution is -0.160. The maximum Gasteiger partial charge on any atom is 0.330 e. The van der Waals surface area contributed by atoms with Crippen LogP contribution in [0.15, 0.2) is 0 Å². The third-order valence-corrected chi connectivity index (χ3v) is 6.26. The molecule has 194 valence electrons. The summed E-state index contributed by atoms with van der Waals surface area (Å²) in [5.41, 5.74) is 9.89. The highest BCUT2D eigenvalue weighted by atomic mass is 16.6. The van der Waals surface area contributed by atoms with Crippen molar-refractivity contribution in [1.29, 1.82) is 0 Å². The molecule has 0 saturated heterocycles. The number of carboxylic acid groups (broad SMARTS) is 1. The molecule has 7 nitrogen and oxygen atoms in total. The molecule has 0 fully saturated rings. The van der Waals surface area contributed by atoms with Gasteiger partial charge in [-0.2, -0.15) is 0 Å². The molecule has 0 rings (SSSR count). The number of ether oxygens (including phenoxy) is 1. The summed E-state index contributed by atoms with van der Waals surface area (Å²) >= 11 is 0. The third kappa shape index (κ3) is 17.6. The molecule has 0 aromatic carbocycles. The third-order valence-electron chi connectivity index (χ3n) is 6.26. The highest BCUT2D eigenvalue weighted by Gasteiger charge is 2.34. The molecule has 0 spiro atoms. The predicted molar refractivity (Wildman–Crippen MR) is 133 cm³/mol. The van der Waals surface area contributed by atoms with Crippen molar-refractivity contribution in [3.05, 3.63) is 0 Å². The van der Waals surface area contributed by atoms with Gasteiger partial charge in [-0.1, -0.05) is 110 Å². The van der Waals surface area contributed by atoms with Crippen LogP contribution in [0.1, 0.15) is 136 Å². The first kappa shape index (κ1) is 31.5.